The molecule has 122 valence electrons. The number of carbonyl (C=O) groups is 2. The first-order valence-corrected chi connectivity index (χ1v) is 7.96. The maximum atomic E-state index is 12.9. The molecule has 0 bridgehead atoms. The van der Waals surface area contributed by atoms with Crippen LogP contribution >= 0.6 is 0 Å². The smallest absolute Gasteiger partial charge is 0.229 e. The average molecular weight is 322 g/mol. The van der Waals surface area contributed by atoms with Gasteiger partial charge in [0.15, 0.2) is 11.5 Å². The van der Waals surface area contributed by atoms with Crippen LogP contribution in [0.1, 0.15) is 40.1 Å². The largest absolute Gasteiger partial charge is 0.494 e. The molecule has 1 aliphatic carbocycles. The molecule has 2 aromatic rings. The minimum absolute atomic E-state index is 0.116. The van der Waals surface area contributed by atoms with Crippen LogP contribution in [0.4, 0.5) is 0 Å². The van der Waals surface area contributed by atoms with Crippen molar-refractivity contribution < 1.29 is 19.1 Å². The highest BCUT2D eigenvalue weighted by atomic mass is 16.5. The van der Waals surface area contributed by atoms with Crippen molar-refractivity contribution >= 4 is 17.1 Å². The molecule has 0 unspecified atom stereocenters. The zero-order valence-corrected chi connectivity index (χ0v) is 13.7. The summed E-state index contributed by atoms with van der Waals surface area (Å²) in [6.07, 6.45) is 0. The number of rotatable bonds is 5. The topological polar surface area (TPSA) is 52.6 Å². The second kappa shape index (κ2) is 6.71. The quantitative estimate of drug-likeness (QED) is 0.837. The third-order valence-electron chi connectivity index (χ3n) is 3.82. The number of hydrogen-bond donors (Lipinski definition) is 0. The molecule has 0 heterocycles. The monoisotopic (exact) mass is 322 g/mol. The van der Waals surface area contributed by atoms with Gasteiger partial charge in [-0.25, -0.2) is 0 Å². The van der Waals surface area contributed by atoms with Crippen LogP contribution in [0.15, 0.2) is 54.3 Å². The van der Waals surface area contributed by atoms with E-state index in [4.69, 9.17) is 9.47 Å². The summed E-state index contributed by atoms with van der Waals surface area (Å²) >= 11 is 0. The van der Waals surface area contributed by atoms with Crippen molar-refractivity contribution in [2.75, 3.05) is 13.2 Å². The predicted molar refractivity (Wildman–Crippen MR) is 91.3 cm³/mol. The number of benzene rings is 2. The van der Waals surface area contributed by atoms with E-state index in [-0.39, 0.29) is 17.3 Å². The van der Waals surface area contributed by atoms with Crippen LogP contribution in [0, 0.1) is 0 Å². The van der Waals surface area contributed by atoms with E-state index in [0.717, 1.165) is 5.75 Å². The zero-order chi connectivity index (χ0) is 17.1. The van der Waals surface area contributed by atoms with E-state index in [9.17, 15) is 9.59 Å². The number of ketones is 2. The molecule has 0 atom stereocenters. The first-order chi connectivity index (χ1) is 11.7. The van der Waals surface area contributed by atoms with Crippen molar-refractivity contribution in [2.24, 2.45) is 0 Å². The fourth-order valence-corrected chi connectivity index (χ4v) is 2.78. The third kappa shape index (κ3) is 2.71. The average Bonchev–Trinajstić information content (AvgIpc) is 2.61. The summed E-state index contributed by atoms with van der Waals surface area (Å²) in [6, 6.07) is 14.0. The predicted octanol–water partition coefficient (Wildman–Crippen LogP) is 3.91. The molecule has 0 radical (unpaired) electrons. The lowest BCUT2D eigenvalue weighted by Crippen LogP contribution is -2.23. The Kier molecular flexibility index (Phi) is 4.47. The summed E-state index contributed by atoms with van der Waals surface area (Å²) in [5.74, 6) is 0.383. The Balaban J connectivity index is 2.13. The highest BCUT2D eigenvalue weighted by molar-refractivity contribution is 6.40. The van der Waals surface area contributed by atoms with Crippen LogP contribution in [0.3, 0.4) is 0 Å². The lowest BCUT2D eigenvalue weighted by molar-refractivity contribution is 0.0900. The van der Waals surface area contributed by atoms with E-state index in [0.29, 0.717) is 35.5 Å². The van der Waals surface area contributed by atoms with Crippen LogP contribution in [-0.2, 0) is 4.74 Å². The maximum absolute atomic E-state index is 12.9. The molecular weight excluding hydrogens is 304 g/mol. The lowest BCUT2D eigenvalue weighted by Gasteiger charge is -2.21. The molecule has 0 amide bonds. The normalized spacial score (nSPS) is 13.8. The Labute approximate surface area is 140 Å². The van der Waals surface area contributed by atoms with Crippen molar-refractivity contribution in [3.63, 3.8) is 0 Å². The first-order valence-electron chi connectivity index (χ1n) is 7.96. The number of allylic oxidation sites excluding steroid dienone is 2. The molecule has 4 heteroatoms. The highest BCUT2D eigenvalue weighted by Crippen LogP contribution is 2.33. The molecule has 4 nitrogen and oxygen atoms in total. The van der Waals surface area contributed by atoms with Gasteiger partial charge in [0.2, 0.25) is 5.78 Å². The van der Waals surface area contributed by atoms with E-state index in [1.807, 2.05) is 6.92 Å². The molecule has 3 rings (SSSR count). The number of fused-ring (bicyclic) bond motifs is 1. The summed E-state index contributed by atoms with van der Waals surface area (Å²) in [5.41, 5.74) is 1.76. The van der Waals surface area contributed by atoms with Crippen molar-refractivity contribution in [1.82, 2.24) is 0 Å². The fourth-order valence-electron chi connectivity index (χ4n) is 2.78. The minimum atomic E-state index is -0.254. The molecule has 1 aliphatic rings. The SMILES string of the molecule is CCOC1=C(c2ccc(OCC)cc2)C(=O)c2ccccc2C1=O. The molecule has 0 saturated heterocycles. The molecule has 0 spiro atoms. The van der Waals surface area contributed by atoms with Gasteiger partial charge in [0.25, 0.3) is 0 Å². The Morgan fingerprint density at radius 3 is 1.92 bits per heavy atom. The van der Waals surface area contributed by atoms with Crippen molar-refractivity contribution in [3.8, 4) is 5.75 Å². The van der Waals surface area contributed by atoms with Gasteiger partial charge in [-0.15, -0.1) is 0 Å². The summed E-state index contributed by atoms with van der Waals surface area (Å²) in [4.78, 5) is 25.7. The van der Waals surface area contributed by atoms with E-state index in [1.54, 1.807) is 55.5 Å². The number of hydrogen-bond acceptors (Lipinski definition) is 4. The zero-order valence-electron chi connectivity index (χ0n) is 13.7. The molecule has 0 saturated carbocycles. The van der Waals surface area contributed by atoms with Gasteiger partial charge >= 0.3 is 0 Å². The Hall–Kier alpha value is -2.88. The second-order valence-electron chi connectivity index (χ2n) is 5.30. The molecule has 0 N–H and O–H groups in total. The van der Waals surface area contributed by atoms with Crippen LogP contribution in [0.25, 0.3) is 5.57 Å². The van der Waals surface area contributed by atoms with Crippen LogP contribution in [0.2, 0.25) is 0 Å². The number of Topliss-reactive ketones (excluding diaryl/α,β-unsaturated/α-hetero) is 2. The van der Waals surface area contributed by atoms with E-state index >= 15 is 0 Å². The maximum Gasteiger partial charge on any atom is 0.229 e. The minimum Gasteiger partial charge on any atom is -0.494 e. The Morgan fingerprint density at radius 1 is 0.750 bits per heavy atom. The molecule has 24 heavy (non-hydrogen) atoms. The van der Waals surface area contributed by atoms with Crippen molar-refractivity contribution in [1.29, 1.82) is 0 Å². The summed E-state index contributed by atoms with van der Waals surface area (Å²) in [5, 5.41) is 0. The van der Waals surface area contributed by atoms with Crippen LogP contribution in [0.5, 0.6) is 5.75 Å². The summed E-state index contributed by atoms with van der Waals surface area (Å²) < 4.78 is 11.0. The lowest BCUT2D eigenvalue weighted by atomic mass is 9.85. The summed E-state index contributed by atoms with van der Waals surface area (Å²) in [6.45, 7) is 4.58. The van der Waals surface area contributed by atoms with E-state index < -0.39 is 0 Å². The van der Waals surface area contributed by atoms with Gasteiger partial charge < -0.3 is 9.47 Å². The van der Waals surface area contributed by atoms with Gasteiger partial charge in [-0.2, -0.15) is 0 Å². The highest BCUT2D eigenvalue weighted by Gasteiger charge is 2.34. The van der Waals surface area contributed by atoms with Gasteiger partial charge in [-0.1, -0.05) is 36.4 Å². The molecule has 0 aliphatic heterocycles. The van der Waals surface area contributed by atoms with Crippen LogP contribution < -0.4 is 4.74 Å². The number of carbonyl (C=O) groups excluding carboxylic acids is 2. The van der Waals surface area contributed by atoms with E-state index in [1.165, 1.54) is 0 Å². The molecule has 2 aromatic carbocycles. The van der Waals surface area contributed by atoms with E-state index in [2.05, 4.69) is 0 Å². The van der Waals surface area contributed by atoms with Gasteiger partial charge in [-0.05, 0) is 31.5 Å². The molecular formula is C20H18O4. The second-order valence-corrected chi connectivity index (χ2v) is 5.30. The van der Waals surface area contributed by atoms with Gasteiger partial charge in [0.1, 0.15) is 5.75 Å². The van der Waals surface area contributed by atoms with Gasteiger partial charge in [0, 0.05) is 11.1 Å². The van der Waals surface area contributed by atoms with Gasteiger partial charge in [-0.3, -0.25) is 9.59 Å². The fraction of sp³-hybridized carbons (Fsp3) is 0.200. The standard InChI is InChI=1S/C20H18O4/c1-3-23-14-11-9-13(10-12-14)17-18(21)15-7-5-6-8-16(15)19(22)20(17)24-4-2/h5-12H,3-4H2,1-2H3. The summed E-state index contributed by atoms with van der Waals surface area (Å²) in [7, 11) is 0. The first kappa shape index (κ1) is 16.0. The van der Waals surface area contributed by atoms with Crippen molar-refractivity contribution in [3.05, 3.63) is 71.0 Å². The van der Waals surface area contributed by atoms with Gasteiger partial charge in [0.05, 0.1) is 18.8 Å². The Bertz CT molecular complexity index is 816. The molecule has 0 aromatic heterocycles. The Morgan fingerprint density at radius 2 is 1.33 bits per heavy atom. The molecule has 0 fully saturated rings. The van der Waals surface area contributed by atoms with Crippen molar-refractivity contribution in [2.45, 2.75) is 13.8 Å². The number of ether oxygens (including phenoxy) is 2. The van der Waals surface area contributed by atoms with Crippen LogP contribution in [-0.4, -0.2) is 24.8 Å². The third-order valence-corrected chi connectivity index (χ3v) is 3.82.